The molecule has 1 heterocycles. The van der Waals surface area contributed by atoms with Crippen LogP contribution in [-0.4, -0.2) is 43.6 Å². The fourth-order valence-corrected chi connectivity index (χ4v) is 3.42. The molecular formula is C21H22N2O5. The number of methoxy groups -OCH3 is 2. The third-order valence-corrected chi connectivity index (χ3v) is 4.83. The second-order valence-corrected chi connectivity index (χ2v) is 6.41. The van der Waals surface area contributed by atoms with Crippen molar-refractivity contribution in [2.75, 3.05) is 26.1 Å². The van der Waals surface area contributed by atoms with Gasteiger partial charge in [0.15, 0.2) is 0 Å². The van der Waals surface area contributed by atoms with Gasteiger partial charge in [0.2, 0.25) is 0 Å². The number of carbonyl (C=O) groups is 3. The SMILES string of the molecule is COC(=O)CC1c2ccccc2CCN1C(=O)Nc1ccccc1C(=O)OC. The fourth-order valence-electron chi connectivity index (χ4n) is 3.42. The Hall–Kier alpha value is -3.35. The number of rotatable bonds is 4. The Balaban J connectivity index is 1.88. The summed E-state index contributed by atoms with van der Waals surface area (Å²) in [5, 5.41) is 2.78. The molecule has 1 aliphatic rings. The van der Waals surface area contributed by atoms with Gasteiger partial charge in [0.05, 0.1) is 37.9 Å². The molecule has 2 aromatic rings. The molecule has 0 aromatic heterocycles. The number of nitrogens with one attached hydrogen (secondary N) is 1. The minimum absolute atomic E-state index is 0.0551. The van der Waals surface area contributed by atoms with E-state index < -0.39 is 18.0 Å². The predicted octanol–water partition coefficient (Wildman–Crippen LogP) is 3.17. The summed E-state index contributed by atoms with van der Waals surface area (Å²) in [6.45, 7) is 0.449. The molecular weight excluding hydrogens is 360 g/mol. The van der Waals surface area contributed by atoms with E-state index in [0.29, 0.717) is 18.7 Å². The molecule has 1 unspecified atom stereocenters. The lowest BCUT2D eigenvalue weighted by molar-refractivity contribution is -0.141. The van der Waals surface area contributed by atoms with E-state index >= 15 is 0 Å². The van der Waals surface area contributed by atoms with Gasteiger partial charge >= 0.3 is 18.0 Å². The smallest absolute Gasteiger partial charge is 0.339 e. The highest BCUT2D eigenvalue weighted by atomic mass is 16.5. The zero-order chi connectivity index (χ0) is 20.1. The van der Waals surface area contributed by atoms with Gasteiger partial charge in [-0.2, -0.15) is 0 Å². The number of hydrogen-bond donors (Lipinski definition) is 1. The van der Waals surface area contributed by atoms with Gasteiger partial charge in [-0.15, -0.1) is 0 Å². The van der Waals surface area contributed by atoms with E-state index in [1.54, 1.807) is 29.2 Å². The summed E-state index contributed by atoms with van der Waals surface area (Å²) < 4.78 is 9.59. The van der Waals surface area contributed by atoms with Crippen LogP contribution in [0.5, 0.6) is 0 Å². The molecule has 0 saturated carbocycles. The van der Waals surface area contributed by atoms with Crippen LogP contribution in [0.3, 0.4) is 0 Å². The number of carbonyl (C=O) groups excluding carboxylic acids is 3. The van der Waals surface area contributed by atoms with Gasteiger partial charge < -0.3 is 19.7 Å². The number of nitrogens with zero attached hydrogens (tertiary/aromatic N) is 1. The van der Waals surface area contributed by atoms with E-state index in [1.807, 2.05) is 24.3 Å². The van der Waals surface area contributed by atoms with Crippen molar-refractivity contribution < 1.29 is 23.9 Å². The highest BCUT2D eigenvalue weighted by molar-refractivity contribution is 6.01. The molecule has 0 fully saturated rings. The first-order chi connectivity index (χ1) is 13.5. The second-order valence-electron chi connectivity index (χ2n) is 6.41. The van der Waals surface area contributed by atoms with Crippen molar-refractivity contribution >= 4 is 23.7 Å². The van der Waals surface area contributed by atoms with Gasteiger partial charge in [0.1, 0.15) is 0 Å². The zero-order valence-corrected chi connectivity index (χ0v) is 15.8. The van der Waals surface area contributed by atoms with Gasteiger partial charge in [-0.05, 0) is 29.7 Å². The average molecular weight is 382 g/mol. The van der Waals surface area contributed by atoms with Crippen molar-refractivity contribution in [3.8, 4) is 0 Å². The van der Waals surface area contributed by atoms with Gasteiger partial charge in [0.25, 0.3) is 0 Å². The quantitative estimate of drug-likeness (QED) is 0.821. The van der Waals surface area contributed by atoms with Crippen molar-refractivity contribution in [1.82, 2.24) is 4.90 Å². The number of amides is 2. The normalized spacial score (nSPS) is 15.4. The molecule has 7 heteroatoms. The highest BCUT2D eigenvalue weighted by Crippen LogP contribution is 2.33. The lowest BCUT2D eigenvalue weighted by atomic mass is 9.91. The molecule has 0 saturated heterocycles. The Morgan fingerprint density at radius 2 is 1.75 bits per heavy atom. The number of esters is 2. The first-order valence-corrected chi connectivity index (χ1v) is 8.94. The third-order valence-electron chi connectivity index (χ3n) is 4.83. The van der Waals surface area contributed by atoms with E-state index in [9.17, 15) is 14.4 Å². The molecule has 0 aliphatic carbocycles. The predicted molar refractivity (Wildman–Crippen MR) is 103 cm³/mol. The van der Waals surface area contributed by atoms with Crippen LogP contribution in [0.2, 0.25) is 0 Å². The summed E-state index contributed by atoms with van der Waals surface area (Å²) in [5.41, 5.74) is 2.65. The van der Waals surface area contributed by atoms with Crippen LogP contribution in [0.25, 0.3) is 0 Å². The molecule has 146 valence electrons. The van der Waals surface area contributed by atoms with Crippen LogP contribution in [0, 0.1) is 0 Å². The van der Waals surface area contributed by atoms with Crippen molar-refractivity contribution in [1.29, 1.82) is 0 Å². The maximum Gasteiger partial charge on any atom is 0.339 e. The number of hydrogen-bond acceptors (Lipinski definition) is 5. The Morgan fingerprint density at radius 1 is 1.04 bits per heavy atom. The van der Waals surface area contributed by atoms with Gasteiger partial charge in [-0.3, -0.25) is 4.79 Å². The van der Waals surface area contributed by atoms with Crippen molar-refractivity contribution in [3.05, 3.63) is 65.2 Å². The van der Waals surface area contributed by atoms with Gasteiger partial charge in [-0.1, -0.05) is 36.4 Å². The summed E-state index contributed by atoms with van der Waals surface area (Å²) in [4.78, 5) is 38.5. The number of fused-ring (bicyclic) bond motifs is 1. The molecule has 0 spiro atoms. The summed E-state index contributed by atoms with van der Waals surface area (Å²) in [6.07, 6.45) is 0.736. The topological polar surface area (TPSA) is 84.9 Å². The molecule has 1 atom stereocenters. The monoisotopic (exact) mass is 382 g/mol. The first-order valence-electron chi connectivity index (χ1n) is 8.94. The van der Waals surface area contributed by atoms with Crippen molar-refractivity contribution in [2.24, 2.45) is 0 Å². The largest absolute Gasteiger partial charge is 0.469 e. The molecule has 3 rings (SSSR count). The van der Waals surface area contributed by atoms with E-state index in [0.717, 1.165) is 11.1 Å². The summed E-state index contributed by atoms with van der Waals surface area (Å²) in [6, 6.07) is 13.6. The molecule has 1 aliphatic heterocycles. The Labute approximate surface area is 163 Å². The number of ether oxygens (including phenoxy) is 2. The summed E-state index contributed by atoms with van der Waals surface area (Å²) >= 11 is 0. The number of anilines is 1. The van der Waals surface area contributed by atoms with Crippen LogP contribution >= 0.6 is 0 Å². The minimum Gasteiger partial charge on any atom is -0.469 e. The van der Waals surface area contributed by atoms with Crippen LogP contribution in [0.15, 0.2) is 48.5 Å². The van der Waals surface area contributed by atoms with E-state index in [4.69, 9.17) is 9.47 Å². The standard InChI is InChI=1S/C21H22N2O5/c1-27-19(24)13-18-15-8-4-3-7-14(15)11-12-23(18)21(26)22-17-10-6-5-9-16(17)20(25)28-2/h3-10,18H,11-13H2,1-2H3,(H,22,26). The molecule has 28 heavy (non-hydrogen) atoms. The second kappa shape index (κ2) is 8.56. The average Bonchev–Trinajstić information content (AvgIpc) is 2.73. The van der Waals surface area contributed by atoms with Crippen LogP contribution < -0.4 is 5.32 Å². The van der Waals surface area contributed by atoms with Crippen LogP contribution in [0.4, 0.5) is 10.5 Å². The van der Waals surface area contributed by atoms with Crippen LogP contribution in [-0.2, 0) is 20.7 Å². The van der Waals surface area contributed by atoms with Gasteiger partial charge in [-0.25, -0.2) is 9.59 Å². The van der Waals surface area contributed by atoms with Crippen LogP contribution in [0.1, 0.15) is 33.9 Å². The molecule has 0 radical (unpaired) electrons. The van der Waals surface area contributed by atoms with Crippen molar-refractivity contribution in [3.63, 3.8) is 0 Å². The highest BCUT2D eigenvalue weighted by Gasteiger charge is 2.33. The summed E-state index contributed by atoms with van der Waals surface area (Å²) in [7, 11) is 2.61. The Bertz CT molecular complexity index is 896. The maximum atomic E-state index is 13.0. The lowest BCUT2D eigenvalue weighted by Crippen LogP contribution is -2.43. The van der Waals surface area contributed by atoms with E-state index in [2.05, 4.69) is 5.32 Å². The molecule has 0 bridgehead atoms. The molecule has 1 N–H and O–H groups in total. The maximum absolute atomic E-state index is 13.0. The number of urea groups is 1. The van der Waals surface area contributed by atoms with E-state index in [1.165, 1.54) is 14.2 Å². The first kappa shape index (κ1) is 19.4. The summed E-state index contributed by atoms with van der Waals surface area (Å²) in [5.74, 6) is -0.930. The molecule has 2 aromatic carbocycles. The lowest BCUT2D eigenvalue weighted by Gasteiger charge is -2.37. The molecule has 7 nitrogen and oxygen atoms in total. The van der Waals surface area contributed by atoms with Crippen molar-refractivity contribution in [2.45, 2.75) is 18.9 Å². The Morgan fingerprint density at radius 3 is 2.50 bits per heavy atom. The minimum atomic E-state index is -0.536. The third kappa shape index (κ3) is 3.98. The molecule has 2 amide bonds. The zero-order valence-electron chi connectivity index (χ0n) is 15.8. The number of para-hydroxylation sites is 1. The number of benzene rings is 2. The van der Waals surface area contributed by atoms with Gasteiger partial charge in [0, 0.05) is 6.54 Å². The van der Waals surface area contributed by atoms with E-state index in [-0.39, 0.29) is 18.0 Å². The fraction of sp³-hybridized carbons (Fsp3) is 0.286. The Kier molecular flexibility index (Phi) is 5.93.